The smallest absolute Gasteiger partial charge is 0.140 e. The molecule has 2 aromatic heterocycles. The minimum Gasteiger partial charge on any atom is -0.487 e. The fraction of sp³-hybridized carbons (Fsp3) is 0.409. The topological polar surface area (TPSA) is 93.5 Å². The molecule has 0 radical (unpaired) electrons. The summed E-state index contributed by atoms with van der Waals surface area (Å²) in [5.41, 5.74) is 10.5. The number of ether oxygens (including phenoxy) is 1. The molecule has 4 N–H and O–H groups in total. The first-order chi connectivity index (χ1) is 13.5. The number of nitrogens with zero attached hydrogens (tertiary/aromatic N) is 2. The number of aryl methyl sites for hydroxylation is 2. The van der Waals surface area contributed by atoms with E-state index in [9.17, 15) is 10.2 Å². The van der Waals surface area contributed by atoms with Gasteiger partial charge < -0.3 is 25.3 Å². The van der Waals surface area contributed by atoms with Crippen molar-refractivity contribution in [2.75, 3.05) is 0 Å². The van der Waals surface area contributed by atoms with Gasteiger partial charge in [0.1, 0.15) is 29.7 Å². The second-order valence-corrected chi connectivity index (χ2v) is 8.00. The quantitative estimate of drug-likeness (QED) is 0.650. The molecule has 146 valence electrons. The van der Waals surface area contributed by atoms with Gasteiger partial charge in [-0.05, 0) is 49.1 Å². The molecule has 6 heteroatoms. The van der Waals surface area contributed by atoms with E-state index in [1.807, 2.05) is 42.0 Å². The van der Waals surface area contributed by atoms with Gasteiger partial charge in [-0.15, -0.1) is 0 Å². The summed E-state index contributed by atoms with van der Waals surface area (Å²) in [5, 5.41) is 22.5. The zero-order chi connectivity index (χ0) is 19.4. The van der Waals surface area contributed by atoms with Crippen LogP contribution in [0.25, 0.3) is 11.0 Å². The van der Waals surface area contributed by atoms with Crippen LogP contribution in [0.4, 0.5) is 0 Å². The van der Waals surface area contributed by atoms with Gasteiger partial charge in [-0.1, -0.05) is 12.1 Å². The van der Waals surface area contributed by atoms with E-state index in [0.29, 0.717) is 6.42 Å². The van der Waals surface area contributed by atoms with Crippen LogP contribution in [0.1, 0.15) is 41.6 Å². The predicted octanol–water partition coefficient (Wildman–Crippen LogP) is 2.40. The average molecular weight is 379 g/mol. The van der Waals surface area contributed by atoms with E-state index in [2.05, 4.69) is 11.1 Å². The van der Waals surface area contributed by atoms with Crippen molar-refractivity contribution in [2.24, 2.45) is 5.73 Å². The summed E-state index contributed by atoms with van der Waals surface area (Å²) in [6.45, 7) is 2.04. The Bertz CT molecular complexity index is 1030. The van der Waals surface area contributed by atoms with Crippen molar-refractivity contribution in [1.82, 2.24) is 9.55 Å². The first-order valence-corrected chi connectivity index (χ1v) is 9.87. The zero-order valence-electron chi connectivity index (χ0n) is 15.8. The standard InChI is InChI=1S/C22H25N3O3/c1-12-7-9-24-22-14(12)8-10-25(22)16-11-18(21(27)20(16)26)28-17-4-2-3-13-5-6-15(23)19(13)17/h2-4,7-10,15-16,18,20-21,26-27H,5-6,11,23H2,1H3/t15-,16?,18?,20-,21+/m0/s1. The van der Waals surface area contributed by atoms with Gasteiger partial charge in [-0.3, -0.25) is 0 Å². The van der Waals surface area contributed by atoms with Crippen molar-refractivity contribution in [3.05, 3.63) is 59.4 Å². The van der Waals surface area contributed by atoms with Crippen LogP contribution in [0.15, 0.2) is 42.7 Å². The monoisotopic (exact) mass is 379 g/mol. The number of benzene rings is 1. The summed E-state index contributed by atoms with van der Waals surface area (Å²) < 4.78 is 8.17. The lowest BCUT2D eigenvalue weighted by Crippen LogP contribution is -2.34. The highest BCUT2D eigenvalue weighted by atomic mass is 16.5. The van der Waals surface area contributed by atoms with Gasteiger partial charge in [0.15, 0.2) is 0 Å². The second-order valence-electron chi connectivity index (χ2n) is 8.00. The molecular formula is C22H25N3O3. The largest absolute Gasteiger partial charge is 0.487 e. The van der Waals surface area contributed by atoms with E-state index in [-0.39, 0.29) is 12.1 Å². The molecule has 5 rings (SSSR count). The predicted molar refractivity (Wildman–Crippen MR) is 106 cm³/mol. The average Bonchev–Trinajstić information content (AvgIpc) is 3.36. The van der Waals surface area contributed by atoms with Crippen LogP contribution in [0.3, 0.4) is 0 Å². The van der Waals surface area contributed by atoms with Crippen molar-refractivity contribution < 1.29 is 14.9 Å². The number of aliphatic hydroxyl groups excluding tert-OH is 2. The first kappa shape index (κ1) is 17.7. The van der Waals surface area contributed by atoms with Gasteiger partial charge in [0, 0.05) is 35.8 Å². The minimum absolute atomic E-state index is 0.0361. The molecule has 1 aromatic carbocycles. The number of rotatable bonds is 3. The molecule has 6 nitrogen and oxygen atoms in total. The fourth-order valence-corrected chi connectivity index (χ4v) is 4.77. The molecule has 2 aliphatic carbocycles. The second kappa shape index (κ2) is 6.58. The van der Waals surface area contributed by atoms with Crippen LogP contribution in [-0.2, 0) is 6.42 Å². The zero-order valence-corrected chi connectivity index (χ0v) is 15.8. The minimum atomic E-state index is -0.972. The van der Waals surface area contributed by atoms with Gasteiger partial charge in [-0.2, -0.15) is 0 Å². The highest BCUT2D eigenvalue weighted by molar-refractivity contribution is 5.79. The van der Waals surface area contributed by atoms with Crippen LogP contribution in [0.2, 0.25) is 0 Å². The Morgan fingerprint density at radius 2 is 2.04 bits per heavy atom. The van der Waals surface area contributed by atoms with E-state index >= 15 is 0 Å². The van der Waals surface area contributed by atoms with Crippen molar-refractivity contribution in [3.8, 4) is 5.75 Å². The van der Waals surface area contributed by atoms with E-state index < -0.39 is 18.3 Å². The van der Waals surface area contributed by atoms with Crippen molar-refractivity contribution in [2.45, 2.75) is 56.6 Å². The van der Waals surface area contributed by atoms with Crippen molar-refractivity contribution in [1.29, 1.82) is 0 Å². The van der Waals surface area contributed by atoms with Crippen LogP contribution < -0.4 is 10.5 Å². The molecule has 28 heavy (non-hydrogen) atoms. The van der Waals surface area contributed by atoms with Crippen LogP contribution in [0, 0.1) is 6.92 Å². The molecule has 1 fully saturated rings. The number of aliphatic hydroxyl groups is 2. The van der Waals surface area contributed by atoms with Gasteiger partial charge in [0.25, 0.3) is 0 Å². The normalized spacial score (nSPS) is 29.4. The molecular weight excluding hydrogens is 354 g/mol. The van der Waals surface area contributed by atoms with E-state index in [0.717, 1.165) is 40.8 Å². The Morgan fingerprint density at radius 1 is 1.18 bits per heavy atom. The third kappa shape index (κ3) is 2.64. The van der Waals surface area contributed by atoms with Crippen LogP contribution in [0.5, 0.6) is 5.75 Å². The summed E-state index contributed by atoms with van der Waals surface area (Å²) in [4.78, 5) is 4.49. The molecule has 5 atom stereocenters. The molecule has 3 aromatic rings. The molecule has 1 saturated carbocycles. The lowest BCUT2D eigenvalue weighted by molar-refractivity contribution is -0.0166. The van der Waals surface area contributed by atoms with Gasteiger partial charge in [0.2, 0.25) is 0 Å². The molecule has 2 aliphatic rings. The lowest BCUT2D eigenvalue weighted by Gasteiger charge is -2.21. The van der Waals surface area contributed by atoms with E-state index in [1.54, 1.807) is 6.20 Å². The maximum Gasteiger partial charge on any atom is 0.140 e. The van der Waals surface area contributed by atoms with Crippen LogP contribution >= 0.6 is 0 Å². The third-order valence-corrected chi connectivity index (χ3v) is 6.32. The summed E-state index contributed by atoms with van der Waals surface area (Å²) in [7, 11) is 0. The Morgan fingerprint density at radius 3 is 2.89 bits per heavy atom. The maximum absolute atomic E-state index is 10.7. The summed E-state index contributed by atoms with van der Waals surface area (Å²) >= 11 is 0. The van der Waals surface area contributed by atoms with Gasteiger partial charge in [0.05, 0.1) is 6.04 Å². The SMILES string of the molecule is Cc1ccnc2c1ccn2C1CC(Oc2cccc3c2[C@@H](N)CC3)[C@@H](O)[C@H]1O. The highest BCUT2D eigenvalue weighted by Crippen LogP contribution is 2.40. The molecule has 0 bridgehead atoms. The number of pyridine rings is 1. The lowest BCUT2D eigenvalue weighted by atomic mass is 10.1. The maximum atomic E-state index is 10.7. The molecule has 0 spiro atoms. The molecule has 0 amide bonds. The molecule has 0 saturated heterocycles. The van der Waals surface area contributed by atoms with Gasteiger partial charge >= 0.3 is 0 Å². The third-order valence-electron chi connectivity index (χ3n) is 6.32. The Hall–Kier alpha value is -2.41. The summed E-state index contributed by atoms with van der Waals surface area (Å²) in [6.07, 6.45) is 3.68. The Balaban J connectivity index is 1.45. The number of fused-ring (bicyclic) bond motifs is 2. The summed E-state index contributed by atoms with van der Waals surface area (Å²) in [5.74, 6) is 0.728. The molecule has 0 aliphatic heterocycles. The highest BCUT2D eigenvalue weighted by Gasteiger charge is 2.44. The number of hydrogen-bond donors (Lipinski definition) is 3. The van der Waals surface area contributed by atoms with Crippen molar-refractivity contribution in [3.63, 3.8) is 0 Å². The fourth-order valence-electron chi connectivity index (χ4n) is 4.77. The number of nitrogens with two attached hydrogens (primary N) is 1. The van der Waals surface area contributed by atoms with Crippen LogP contribution in [-0.4, -0.2) is 38.1 Å². The Kier molecular flexibility index (Phi) is 4.16. The molecule has 2 heterocycles. The van der Waals surface area contributed by atoms with E-state index in [1.165, 1.54) is 5.56 Å². The van der Waals surface area contributed by atoms with Gasteiger partial charge in [-0.25, -0.2) is 4.98 Å². The number of aromatic nitrogens is 2. The molecule has 2 unspecified atom stereocenters. The first-order valence-electron chi connectivity index (χ1n) is 9.87. The summed E-state index contributed by atoms with van der Waals surface area (Å²) in [6, 6.07) is 9.60. The Labute approximate surface area is 163 Å². The van der Waals surface area contributed by atoms with E-state index in [4.69, 9.17) is 10.5 Å². The number of hydrogen-bond acceptors (Lipinski definition) is 5. The van der Waals surface area contributed by atoms with Crippen molar-refractivity contribution >= 4 is 11.0 Å².